The highest BCUT2D eigenvalue weighted by Gasteiger charge is 2.29. The van der Waals surface area contributed by atoms with Gasteiger partial charge in [-0.2, -0.15) is 0 Å². The third-order valence-corrected chi connectivity index (χ3v) is 8.78. The van der Waals surface area contributed by atoms with Crippen LogP contribution in [0.5, 0.6) is 0 Å². The number of ether oxygens (including phenoxy) is 1. The largest absolute Gasteiger partial charge is 0.481 e. The Hall–Kier alpha value is -3.63. The maximum atomic E-state index is 13.8. The highest BCUT2D eigenvalue weighted by atomic mass is 32.2. The summed E-state index contributed by atoms with van der Waals surface area (Å²) in [6.45, 7) is 0. The fourth-order valence-electron chi connectivity index (χ4n) is 4.45. The molecule has 3 aromatic rings. The van der Waals surface area contributed by atoms with Gasteiger partial charge < -0.3 is 20.5 Å². The lowest BCUT2D eigenvalue weighted by Crippen LogP contribution is -2.20. The Balaban J connectivity index is 1.58. The van der Waals surface area contributed by atoms with E-state index >= 15 is 0 Å². The van der Waals surface area contributed by atoms with Crippen LogP contribution in [0, 0.1) is 0 Å². The standard InChI is InChI=1S/C29H30N2O6S2/c1-37-29(36)25-21-13-6-3-7-14-22(21)39-28(25)31-27(35)26(18-9-4-2-5-10-18)38-20-12-8-11-19(17-20)30-23(32)15-16-24(33)34/h2,4-5,8-12,17,26H,3,6-7,13-16H2,1H3,(H,30,32)(H,31,35)(H,33,34). The van der Waals surface area contributed by atoms with Gasteiger partial charge in [-0.25, -0.2) is 4.79 Å². The quantitative estimate of drug-likeness (QED) is 0.154. The molecule has 4 rings (SSSR count). The molecule has 0 aliphatic heterocycles. The van der Waals surface area contributed by atoms with Crippen molar-refractivity contribution in [3.8, 4) is 0 Å². The molecule has 10 heteroatoms. The van der Waals surface area contributed by atoms with Crippen molar-refractivity contribution < 1.29 is 29.0 Å². The van der Waals surface area contributed by atoms with Crippen molar-refractivity contribution in [3.63, 3.8) is 0 Å². The molecule has 3 N–H and O–H groups in total. The second kappa shape index (κ2) is 13.4. The monoisotopic (exact) mass is 566 g/mol. The number of amides is 2. The van der Waals surface area contributed by atoms with Crippen molar-refractivity contribution in [1.82, 2.24) is 0 Å². The summed E-state index contributed by atoms with van der Waals surface area (Å²) in [4.78, 5) is 51.3. The molecule has 2 aromatic carbocycles. The highest BCUT2D eigenvalue weighted by molar-refractivity contribution is 8.00. The van der Waals surface area contributed by atoms with E-state index in [9.17, 15) is 19.2 Å². The van der Waals surface area contributed by atoms with Crippen LogP contribution in [0.3, 0.4) is 0 Å². The van der Waals surface area contributed by atoms with E-state index in [2.05, 4.69) is 10.6 Å². The molecule has 1 unspecified atom stereocenters. The number of rotatable bonds is 10. The third kappa shape index (κ3) is 7.48. The van der Waals surface area contributed by atoms with E-state index < -0.39 is 23.1 Å². The SMILES string of the molecule is COC(=O)c1c(NC(=O)C(Sc2cccc(NC(=O)CCC(=O)O)c2)c2ccccc2)sc2c1CCCCC2. The molecule has 204 valence electrons. The first-order chi connectivity index (χ1) is 18.9. The number of aryl methyl sites for hydroxylation is 1. The van der Waals surface area contributed by atoms with E-state index in [0.717, 1.165) is 53.0 Å². The Bertz CT molecular complexity index is 1360. The summed E-state index contributed by atoms with van der Waals surface area (Å²) in [7, 11) is 1.35. The molecule has 0 fully saturated rings. The van der Waals surface area contributed by atoms with Crippen molar-refractivity contribution >= 4 is 57.5 Å². The lowest BCUT2D eigenvalue weighted by Gasteiger charge is -2.18. The fraction of sp³-hybridized carbons (Fsp3) is 0.310. The number of carbonyl (C=O) groups excluding carboxylic acids is 3. The van der Waals surface area contributed by atoms with Crippen molar-refractivity contribution in [3.05, 3.63) is 76.2 Å². The number of carboxylic acid groups (broad SMARTS) is 1. The number of hydrogen-bond donors (Lipinski definition) is 3. The number of fused-ring (bicyclic) bond motifs is 1. The molecular weight excluding hydrogens is 536 g/mol. The smallest absolute Gasteiger partial charge is 0.341 e. The topological polar surface area (TPSA) is 122 Å². The Morgan fingerprint density at radius 2 is 1.74 bits per heavy atom. The molecule has 39 heavy (non-hydrogen) atoms. The minimum Gasteiger partial charge on any atom is -0.481 e. The molecule has 0 saturated heterocycles. The fourth-order valence-corrected chi connectivity index (χ4v) is 6.82. The molecule has 2 amide bonds. The summed E-state index contributed by atoms with van der Waals surface area (Å²) in [5, 5.41) is 14.4. The molecule has 0 radical (unpaired) electrons. The minimum atomic E-state index is -1.04. The van der Waals surface area contributed by atoms with E-state index in [4.69, 9.17) is 9.84 Å². The van der Waals surface area contributed by atoms with Crippen LogP contribution in [0.2, 0.25) is 0 Å². The number of benzene rings is 2. The summed E-state index contributed by atoms with van der Waals surface area (Å²) >= 11 is 2.77. The van der Waals surface area contributed by atoms with Gasteiger partial charge in [0.1, 0.15) is 10.3 Å². The van der Waals surface area contributed by atoms with Crippen LogP contribution in [0.1, 0.15) is 63.7 Å². The number of aliphatic carboxylic acids is 1. The van der Waals surface area contributed by atoms with Crippen LogP contribution in [0.15, 0.2) is 59.5 Å². The van der Waals surface area contributed by atoms with Crippen molar-refractivity contribution in [2.24, 2.45) is 0 Å². The molecule has 0 saturated carbocycles. The molecule has 1 aromatic heterocycles. The van der Waals surface area contributed by atoms with Gasteiger partial charge in [-0.1, -0.05) is 42.8 Å². The van der Waals surface area contributed by atoms with E-state index in [0.29, 0.717) is 16.3 Å². The number of thioether (sulfide) groups is 1. The first-order valence-corrected chi connectivity index (χ1v) is 14.4. The third-order valence-electron chi connectivity index (χ3n) is 6.33. The number of anilines is 2. The van der Waals surface area contributed by atoms with Crippen molar-refractivity contribution in [2.45, 2.75) is 55.1 Å². The van der Waals surface area contributed by atoms with Gasteiger partial charge >= 0.3 is 11.9 Å². The Morgan fingerprint density at radius 1 is 0.974 bits per heavy atom. The molecule has 0 spiro atoms. The van der Waals surface area contributed by atoms with Crippen LogP contribution < -0.4 is 10.6 Å². The van der Waals surface area contributed by atoms with E-state index in [-0.39, 0.29) is 18.7 Å². The van der Waals surface area contributed by atoms with Crippen molar-refractivity contribution in [2.75, 3.05) is 17.7 Å². The summed E-state index contributed by atoms with van der Waals surface area (Å²) in [5.41, 5.74) is 2.73. The number of hydrogen-bond acceptors (Lipinski definition) is 7. The normalized spacial score (nSPS) is 13.5. The minimum absolute atomic E-state index is 0.130. The molecule has 8 nitrogen and oxygen atoms in total. The first kappa shape index (κ1) is 28.4. The van der Waals surface area contributed by atoms with E-state index in [1.165, 1.54) is 30.2 Å². The summed E-state index contributed by atoms with van der Waals surface area (Å²) in [6, 6.07) is 16.4. The van der Waals surface area contributed by atoms with Gasteiger partial charge in [0, 0.05) is 21.9 Å². The molecule has 1 aliphatic rings. The van der Waals surface area contributed by atoms with Crippen LogP contribution >= 0.6 is 23.1 Å². The predicted molar refractivity (Wildman–Crippen MR) is 153 cm³/mol. The van der Waals surface area contributed by atoms with Gasteiger partial charge in [-0.15, -0.1) is 23.1 Å². The summed E-state index contributed by atoms with van der Waals surface area (Å²) in [5.74, 6) is -2.16. The zero-order valence-corrected chi connectivity index (χ0v) is 23.2. The van der Waals surface area contributed by atoms with Gasteiger partial charge in [-0.3, -0.25) is 14.4 Å². The lowest BCUT2D eigenvalue weighted by atomic mass is 10.1. The van der Waals surface area contributed by atoms with Crippen LogP contribution in [0.25, 0.3) is 0 Å². The van der Waals surface area contributed by atoms with Gasteiger partial charge in [0.15, 0.2) is 0 Å². The van der Waals surface area contributed by atoms with E-state index in [1.54, 1.807) is 18.2 Å². The van der Waals surface area contributed by atoms with Gasteiger partial charge in [0.25, 0.3) is 0 Å². The number of esters is 1. The second-order valence-corrected chi connectivity index (χ2v) is 11.4. The molecular formula is C29H30N2O6S2. The van der Waals surface area contributed by atoms with Crippen LogP contribution in [-0.2, 0) is 32.0 Å². The number of carboxylic acids is 1. The average Bonchev–Trinajstić information content (AvgIpc) is 3.10. The zero-order chi connectivity index (χ0) is 27.8. The number of thiophene rings is 1. The van der Waals surface area contributed by atoms with Gasteiger partial charge in [0.2, 0.25) is 11.8 Å². The maximum Gasteiger partial charge on any atom is 0.341 e. The number of nitrogens with one attached hydrogen (secondary N) is 2. The average molecular weight is 567 g/mol. The first-order valence-electron chi connectivity index (χ1n) is 12.7. The predicted octanol–water partition coefficient (Wildman–Crippen LogP) is 6.08. The summed E-state index contributed by atoms with van der Waals surface area (Å²) in [6.07, 6.45) is 4.43. The maximum absolute atomic E-state index is 13.8. The molecule has 0 bridgehead atoms. The second-order valence-electron chi connectivity index (χ2n) is 9.13. The summed E-state index contributed by atoms with van der Waals surface area (Å²) < 4.78 is 5.08. The molecule has 1 aliphatic carbocycles. The van der Waals surface area contributed by atoms with E-state index in [1.807, 2.05) is 36.4 Å². The van der Waals surface area contributed by atoms with Crippen LogP contribution in [0.4, 0.5) is 10.7 Å². The Labute approximate surface area is 235 Å². The van der Waals surface area contributed by atoms with Gasteiger partial charge in [-0.05, 0) is 55.0 Å². The zero-order valence-electron chi connectivity index (χ0n) is 21.5. The molecule has 1 atom stereocenters. The van der Waals surface area contributed by atoms with Crippen LogP contribution in [-0.4, -0.2) is 36.0 Å². The Morgan fingerprint density at radius 3 is 2.49 bits per heavy atom. The highest BCUT2D eigenvalue weighted by Crippen LogP contribution is 2.41. The Kier molecular flexibility index (Phi) is 9.78. The number of methoxy groups -OCH3 is 1. The molecule has 1 heterocycles. The van der Waals surface area contributed by atoms with Gasteiger partial charge in [0.05, 0.1) is 19.1 Å². The number of carbonyl (C=O) groups is 4. The lowest BCUT2D eigenvalue weighted by molar-refractivity contribution is -0.138. The van der Waals surface area contributed by atoms with Crippen molar-refractivity contribution in [1.29, 1.82) is 0 Å².